The van der Waals surface area contributed by atoms with Crippen molar-refractivity contribution >= 4 is 8.07 Å². The Kier molecular flexibility index (Phi) is 3.85. The van der Waals surface area contributed by atoms with E-state index in [9.17, 15) is 0 Å². The summed E-state index contributed by atoms with van der Waals surface area (Å²) in [5.41, 5.74) is 5.92. The molecular weight excluding hydrogens is 256 g/mol. The van der Waals surface area contributed by atoms with Crippen molar-refractivity contribution in [3.05, 3.63) is 57.8 Å². The molecule has 1 aliphatic rings. The van der Waals surface area contributed by atoms with Crippen LogP contribution in [0.1, 0.15) is 37.0 Å². The predicted molar refractivity (Wildman–Crippen MR) is 93.1 cm³/mol. The van der Waals surface area contributed by atoms with Crippen LogP contribution in [0.4, 0.5) is 0 Å². The quantitative estimate of drug-likeness (QED) is 0.623. The molecule has 0 heterocycles. The van der Waals surface area contributed by atoms with Crippen LogP contribution in [0.15, 0.2) is 41.1 Å². The largest absolute Gasteiger partial charge is 0.0812 e. The fourth-order valence-electron chi connectivity index (χ4n) is 2.80. The molecule has 0 saturated carbocycles. The molecule has 0 spiro atoms. The van der Waals surface area contributed by atoms with Crippen LogP contribution in [0.3, 0.4) is 0 Å². The van der Waals surface area contributed by atoms with E-state index in [4.69, 9.17) is 0 Å². The average Bonchev–Trinajstić information content (AvgIpc) is 2.82. The Morgan fingerprint density at radius 1 is 1.00 bits per heavy atom. The van der Waals surface area contributed by atoms with E-state index >= 15 is 0 Å². The molecule has 0 unspecified atom stereocenters. The third-order valence-electron chi connectivity index (χ3n) is 4.77. The van der Waals surface area contributed by atoms with Crippen LogP contribution in [0, 0.1) is 13.8 Å². The Balaban J connectivity index is 2.35. The fourth-order valence-corrected chi connectivity index (χ4v) is 4.12. The van der Waals surface area contributed by atoms with Gasteiger partial charge in [0.1, 0.15) is 0 Å². The molecule has 0 radical (unpaired) electrons. The van der Waals surface area contributed by atoms with Gasteiger partial charge in [0.05, 0.1) is 8.07 Å². The third kappa shape index (κ3) is 2.83. The first kappa shape index (κ1) is 15.3. The minimum atomic E-state index is -1.18. The summed E-state index contributed by atoms with van der Waals surface area (Å²) in [5.74, 6) is 0. The maximum atomic E-state index is 2.49. The molecule has 0 bridgehead atoms. The van der Waals surface area contributed by atoms with Gasteiger partial charge in [0.25, 0.3) is 0 Å². The van der Waals surface area contributed by atoms with Gasteiger partial charge < -0.3 is 0 Å². The summed E-state index contributed by atoms with van der Waals surface area (Å²) in [6.07, 6.45) is 6.07. The van der Waals surface area contributed by atoms with Gasteiger partial charge in [-0.1, -0.05) is 74.6 Å². The number of hydrogen-bond donors (Lipinski definition) is 0. The zero-order chi connectivity index (χ0) is 15.1. The lowest BCUT2D eigenvalue weighted by Crippen LogP contribution is -2.23. The first-order valence-corrected chi connectivity index (χ1v) is 11.1. The molecule has 1 aliphatic carbocycles. The standard InChI is InChI=1S/C19H28Si/c1-14-8-9-16(12-15(14)2)19(3,4)17-10-11-18(13-17)20(5,6)7/h8-9,11-13H,10H2,1-7H3. The third-order valence-corrected chi connectivity index (χ3v) is 6.85. The van der Waals surface area contributed by atoms with E-state index < -0.39 is 8.07 Å². The summed E-state index contributed by atoms with van der Waals surface area (Å²) in [7, 11) is -1.18. The Bertz CT molecular complexity index is 580. The number of rotatable bonds is 3. The van der Waals surface area contributed by atoms with Crippen molar-refractivity contribution in [1.82, 2.24) is 0 Å². The van der Waals surface area contributed by atoms with Crippen molar-refractivity contribution in [3.63, 3.8) is 0 Å². The second-order valence-corrected chi connectivity index (χ2v) is 12.8. The molecule has 1 heteroatoms. The summed E-state index contributed by atoms with van der Waals surface area (Å²) in [4.78, 5) is 0. The lowest BCUT2D eigenvalue weighted by Gasteiger charge is -2.28. The van der Waals surface area contributed by atoms with E-state index in [1.165, 1.54) is 16.7 Å². The average molecular weight is 285 g/mol. The van der Waals surface area contributed by atoms with E-state index in [2.05, 4.69) is 77.7 Å². The molecule has 0 aromatic heterocycles. The Morgan fingerprint density at radius 2 is 1.65 bits per heavy atom. The summed E-state index contributed by atoms with van der Waals surface area (Å²) in [6.45, 7) is 16.4. The highest BCUT2D eigenvalue weighted by atomic mass is 28.3. The van der Waals surface area contributed by atoms with E-state index in [0.717, 1.165) is 6.42 Å². The van der Waals surface area contributed by atoms with Gasteiger partial charge in [-0.05, 0) is 37.0 Å². The zero-order valence-corrected chi connectivity index (χ0v) is 15.1. The number of benzene rings is 1. The molecule has 0 saturated heterocycles. The summed E-state index contributed by atoms with van der Waals surface area (Å²) in [5, 5.41) is 1.62. The maximum absolute atomic E-state index is 2.49. The van der Waals surface area contributed by atoms with E-state index in [0.29, 0.717) is 0 Å². The van der Waals surface area contributed by atoms with E-state index in [1.54, 1.807) is 10.8 Å². The van der Waals surface area contributed by atoms with Crippen molar-refractivity contribution in [2.45, 2.75) is 59.2 Å². The Hall–Kier alpha value is -1.08. The maximum Gasteiger partial charge on any atom is 0.0771 e. The predicted octanol–water partition coefficient (Wildman–Crippen LogP) is 5.71. The first-order chi connectivity index (χ1) is 9.12. The normalized spacial score (nSPS) is 16.1. The van der Waals surface area contributed by atoms with Gasteiger partial charge in [0, 0.05) is 5.41 Å². The van der Waals surface area contributed by atoms with Gasteiger partial charge in [0.2, 0.25) is 0 Å². The summed E-state index contributed by atoms with van der Waals surface area (Å²) < 4.78 is 0. The minimum absolute atomic E-state index is 0.135. The SMILES string of the molecule is Cc1ccc(C(C)(C)C2=CC([Si](C)(C)C)=CC2)cc1C. The number of aryl methyl sites for hydroxylation is 2. The lowest BCUT2D eigenvalue weighted by molar-refractivity contribution is 0.612. The van der Waals surface area contributed by atoms with Crippen LogP contribution < -0.4 is 0 Å². The number of allylic oxidation sites excluding steroid dienone is 4. The van der Waals surface area contributed by atoms with Gasteiger partial charge in [-0.3, -0.25) is 0 Å². The van der Waals surface area contributed by atoms with E-state index in [-0.39, 0.29) is 5.41 Å². The van der Waals surface area contributed by atoms with Crippen molar-refractivity contribution in [1.29, 1.82) is 0 Å². The molecule has 0 nitrogen and oxygen atoms in total. The van der Waals surface area contributed by atoms with Crippen LogP contribution in [0.25, 0.3) is 0 Å². The zero-order valence-electron chi connectivity index (χ0n) is 14.1. The summed E-state index contributed by atoms with van der Waals surface area (Å²) in [6, 6.07) is 6.92. The topological polar surface area (TPSA) is 0 Å². The van der Waals surface area contributed by atoms with Crippen molar-refractivity contribution in [2.24, 2.45) is 0 Å². The highest BCUT2D eigenvalue weighted by Crippen LogP contribution is 2.39. The molecule has 108 valence electrons. The Morgan fingerprint density at radius 3 is 2.15 bits per heavy atom. The van der Waals surface area contributed by atoms with Crippen LogP contribution in [-0.4, -0.2) is 8.07 Å². The molecule has 0 atom stereocenters. The van der Waals surface area contributed by atoms with Crippen LogP contribution in [0.2, 0.25) is 19.6 Å². The van der Waals surface area contributed by atoms with E-state index in [1.807, 2.05) is 0 Å². The highest BCUT2D eigenvalue weighted by Gasteiger charge is 2.30. The van der Waals surface area contributed by atoms with Crippen molar-refractivity contribution < 1.29 is 0 Å². The van der Waals surface area contributed by atoms with Gasteiger partial charge in [-0.2, -0.15) is 0 Å². The second kappa shape index (κ2) is 5.03. The Labute approximate surface area is 125 Å². The smallest absolute Gasteiger partial charge is 0.0771 e. The molecule has 0 aliphatic heterocycles. The summed E-state index contributed by atoms with van der Waals surface area (Å²) >= 11 is 0. The van der Waals surface area contributed by atoms with Crippen molar-refractivity contribution in [2.75, 3.05) is 0 Å². The minimum Gasteiger partial charge on any atom is -0.0812 e. The van der Waals surface area contributed by atoms with Crippen LogP contribution >= 0.6 is 0 Å². The van der Waals surface area contributed by atoms with Crippen LogP contribution in [0.5, 0.6) is 0 Å². The van der Waals surface area contributed by atoms with Gasteiger partial charge in [0.15, 0.2) is 0 Å². The molecule has 0 amide bonds. The monoisotopic (exact) mass is 284 g/mol. The van der Waals surface area contributed by atoms with Gasteiger partial charge >= 0.3 is 0 Å². The molecule has 1 aromatic rings. The molecule has 0 N–H and O–H groups in total. The first-order valence-electron chi connectivity index (χ1n) is 7.62. The molecule has 1 aromatic carbocycles. The molecule has 20 heavy (non-hydrogen) atoms. The molecule has 2 rings (SSSR count). The molecule has 0 fully saturated rings. The van der Waals surface area contributed by atoms with Gasteiger partial charge in [-0.15, -0.1) is 0 Å². The second-order valence-electron chi connectivity index (χ2n) is 7.71. The fraction of sp³-hybridized carbons (Fsp3) is 0.474. The highest BCUT2D eigenvalue weighted by molar-refractivity contribution is 6.83. The number of hydrogen-bond acceptors (Lipinski definition) is 0. The lowest BCUT2D eigenvalue weighted by atomic mass is 9.76. The van der Waals surface area contributed by atoms with Crippen LogP contribution in [-0.2, 0) is 5.41 Å². The van der Waals surface area contributed by atoms with Gasteiger partial charge in [-0.25, -0.2) is 0 Å². The van der Waals surface area contributed by atoms with Crippen molar-refractivity contribution in [3.8, 4) is 0 Å². The molecular formula is C19H28Si.